The quantitative estimate of drug-likeness (QED) is 0.343. The third-order valence-corrected chi connectivity index (χ3v) is 7.72. The van der Waals surface area contributed by atoms with Crippen molar-refractivity contribution in [1.82, 2.24) is 9.97 Å². The number of rotatable bonds is 6. The van der Waals surface area contributed by atoms with E-state index in [1.807, 2.05) is 25.1 Å². The van der Waals surface area contributed by atoms with E-state index < -0.39 is 0 Å². The Morgan fingerprint density at radius 3 is 2.61 bits per heavy atom. The van der Waals surface area contributed by atoms with Gasteiger partial charge in [0.25, 0.3) is 11.5 Å². The first kappa shape index (κ1) is 23.1. The number of nitrogens with zero attached hydrogens (tertiary/aromatic N) is 1. The number of benzene rings is 2. The van der Waals surface area contributed by atoms with Crippen LogP contribution >= 0.6 is 23.1 Å². The molecule has 0 fully saturated rings. The number of amides is 1. The maximum Gasteiger partial charge on any atom is 0.266 e. The van der Waals surface area contributed by atoms with Crippen molar-refractivity contribution < 1.29 is 9.53 Å². The molecule has 0 atom stereocenters. The van der Waals surface area contributed by atoms with E-state index in [-0.39, 0.29) is 11.5 Å². The Morgan fingerprint density at radius 2 is 1.85 bits per heavy atom. The number of nitrogens with one attached hydrogen (secondary N) is 2. The van der Waals surface area contributed by atoms with Crippen LogP contribution in [0.15, 0.2) is 46.1 Å². The van der Waals surface area contributed by atoms with E-state index in [9.17, 15) is 9.59 Å². The number of methoxy groups -OCH3 is 1. The minimum Gasteiger partial charge on any atom is -0.495 e. The van der Waals surface area contributed by atoms with Crippen LogP contribution in [0.3, 0.4) is 0 Å². The maximum absolute atomic E-state index is 13.1. The third-order valence-electron chi connectivity index (χ3n) is 5.37. The van der Waals surface area contributed by atoms with Gasteiger partial charge in [-0.3, -0.25) is 9.59 Å². The Hall–Kier alpha value is -3.10. The molecule has 6 nitrogen and oxygen atoms in total. The molecule has 170 valence electrons. The second kappa shape index (κ2) is 9.41. The Kier molecular flexibility index (Phi) is 6.58. The molecule has 4 rings (SSSR count). The minimum absolute atomic E-state index is 0.225. The molecule has 2 aromatic heterocycles. The van der Waals surface area contributed by atoms with Crippen molar-refractivity contribution in [2.45, 2.75) is 38.3 Å². The minimum atomic E-state index is -0.287. The van der Waals surface area contributed by atoms with E-state index in [0.29, 0.717) is 43.7 Å². The number of carbonyl (C=O) groups excluding carboxylic acids is 1. The lowest BCUT2D eigenvalue weighted by atomic mass is 10.2. The molecule has 0 aliphatic carbocycles. The average molecular weight is 480 g/mol. The third kappa shape index (κ3) is 4.82. The summed E-state index contributed by atoms with van der Waals surface area (Å²) in [5.74, 6) is 1.42. The molecule has 2 aromatic carbocycles. The first-order valence-electron chi connectivity index (χ1n) is 10.4. The number of hydrogen-bond donors (Lipinski definition) is 2. The summed E-state index contributed by atoms with van der Waals surface area (Å²) in [5, 5.41) is 3.37. The van der Waals surface area contributed by atoms with E-state index in [2.05, 4.69) is 47.3 Å². The molecule has 4 aromatic rings. The molecular formula is C25H25N3O3S2. The van der Waals surface area contributed by atoms with Crippen LogP contribution < -0.4 is 15.6 Å². The molecule has 33 heavy (non-hydrogen) atoms. The van der Waals surface area contributed by atoms with Gasteiger partial charge < -0.3 is 15.0 Å². The van der Waals surface area contributed by atoms with Crippen LogP contribution in [0, 0.1) is 27.7 Å². The van der Waals surface area contributed by atoms with Crippen LogP contribution in [0.4, 0.5) is 5.69 Å². The number of H-pyrrole nitrogens is 1. The summed E-state index contributed by atoms with van der Waals surface area (Å²) in [7, 11) is 1.56. The smallest absolute Gasteiger partial charge is 0.266 e. The zero-order valence-electron chi connectivity index (χ0n) is 19.2. The predicted molar refractivity (Wildman–Crippen MR) is 136 cm³/mol. The first-order valence-corrected chi connectivity index (χ1v) is 12.3. The van der Waals surface area contributed by atoms with Gasteiger partial charge in [-0.05, 0) is 62.6 Å². The highest BCUT2D eigenvalue weighted by molar-refractivity contribution is 7.98. The molecule has 1 amide bonds. The standard InChI is InChI=1S/C25H25N3O3S2/c1-13-7-9-18(31-5)17(10-13)26-24(30)22-16(4)21-23(29)27-20(28-25(21)33-22)12-32-19-11-14(2)6-8-15(19)3/h6-11H,12H2,1-5H3,(H,26,30)(H,27,28,29). The largest absolute Gasteiger partial charge is 0.495 e. The zero-order chi connectivity index (χ0) is 23.7. The van der Waals surface area contributed by atoms with Crippen molar-refractivity contribution >= 4 is 44.9 Å². The summed E-state index contributed by atoms with van der Waals surface area (Å²) in [6.07, 6.45) is 0. The Bertz CT molecular complexity index is 1420. The van der Waals surface area contributed by atoms with Crippen molar-refractivity contribution in [2.24, 2.45) is 0 Å². The topological polar surface area (TPSA) is 84.1 Å². The summed E-state index contributed by atoms with van der Waals surface area (Å²) in [4.78, 5) is 35.6. The second-order valence-corrected chi connectivity index (χ2v) is 9.98. The predicted octanol–water partition coefficient (Wildman–Crippen LogP) is 5.77. The highest BCUT2D eigenvalue weighted by atomic mass is 32.2. The molecule has 0 bridgehead atoms. The number of thiophene rings is 1. The molecule has 0 radical (unpaired) electrons. The lowest BCUT2D eigenvalue weighted by Gasteiger charge is -2.10. The lowest BCUT2D eigenvalue weighted by Crippen LogP contribution is -2.13. The van der Waals surface area contributed by atoms with Gasteiger partial charge in [-0.15, -0.1) is 23.1 Å². The zero-order valence-corrected chi connectivity index (χ0v) is 20.8. The van der Waals surface area contributed by atoms with Crippen LogP contribution in [-0.4, -0.2) is 23.0 Å². The fourth-order valence-corrected chi connectivity index (χ4v) is 5.67. The molecule has 0 aliphatic heterocycles. The van der Waals surface area contributed by atoms with E-state index in [0.717, 1.165) is 10.5 Å². The van der Waals surface area contributed by atoms with E-state index in [1.54, 1.807) is 25.8 Å². The maximum atomic E-state index is 13.1. The van der Waals surface area contributed by atoms with Crippen LogP contribution in [0.5, 0.6) is 5.75 Å². The van der Waals surface area contributed by atoms with Crippen LogP contribution in [-0.2, 0) is 5.75 Å². The van der Waals surface area contributed by atoms with Gasteiger partial charge in [0.15, 0.2) is 0 Å². The van der Waals surface area contributed by atoms with Crippen molar-refractivity contribution in [3.8, 4) is 5.75 Å². The van der Waals surface area contributed by atoms with Crippen molar-refractivity contribution in [2.75, 3.05) is 12.4 Å². The van der Waals surface area contributed by atoms with E-state index >= 15 is 0 Å². The summed E-state index contributed by atoms with van der Waals surface area (Å²) in [6, 6.07) is 11.9. The second-order valence-electron chi connectivity index (χ2n) is 7.96. The molecule has 2 heterocycles. The number of aromatic amines is 1. The van der Waals surface area contributed by atoms with Crippen molar-refractivity contribution in [3.05, 3.63) is 79.7 Å². The molecular weight excluding hydrogens is 454 g/mol. The Labute approximate surface area is 200 Å². The molecule has 8 heteroatoms. The van der Waals surface area contributed by atoms with Gasteiger partial charge in [0.2, 0.25) is 0 Å². The average Bonchev–Trinajstić information content (AvgIpc) is 3.11. The number of thioether (sulfide) groups is 1. The molecule has 0 spiro atoms. The van der Waals surface area contributed by atoms with E-state index in [1.165, 1.54) is 22.5 Å². The number of anilines is 1. The van der Waals surface area contributed by atoms with Crippen molar-refractivity contribution in [1.29, 1.82) is 0 Å². The summed E-state index contributed by atoms with van der Waals surface area (Å²) in [5.41, 5.74) is 4.37. The normalized spacial score (nSPS) is 11.1. The molecule has 0 unspecified atom stereocenters. The number of aromatic nitrogens is 2. The first-order chi connectivity index (χ1) is 15.8. The van der Waals surface area contributed by atoms with Gasteiger partial charge in [0.05, 0.1) is 28.8 Å². The fourth-order valence-electron chi connectivity index (χ4n) is 3.58. The number of fused-ring (bicyclic) bond motifs is 1. The monoisotopic (exact) mass is 479 g/mol. The van der Waals surface area contributed by atoms with Gasteiger partial charge in [0.1, 0.15) is 16.4 Å². The van der Waals surface area contributed by atoms with Gasteiger partial charge in [-0.1, -0.05) is 23.8 Å². The summed E-state index contributed by atoms with van der Waals surface area (Å²) >= 11 is 2.87. The fraction of sp³-hybridized carbons (Fsp3) is 0.240. The number of aryl methyl sites for hydroxylation is 4. The Balaban J connectivity index is 1.62. The SMILES string of the molecule is COc1ccc(C)cc1NC(=O)c1sc2nc(CSc3cc(C)ccc3C)[nH]c(=O)c2c1C. The van der Waals surface area contributed by atoms with Gasteiger partial charge in [-0.2, -0.15) is 0 Å². The van der Waals surface area contributed by atoms with Gasteiger partial charge >= 0.3 is 0 Å². The molecule has 0 saturated heterocycles. The van der Waals surface area contributed by atoms with Crippen molar-refractivity contribution in [3.63, 3.8) is 0 Å². The summed E-state index contributed by atoms with van der Waals surface area (Å²) in [6.45, 7) is 7.85. The number of ether oxygens (including phenoxy) is 1. The molecule has 0 saturated carbocycles. The number of hydrogen-bond acceptors (Lipinski definition) is 6. The highest BCUT2D eigenvalue weighted by Crippen LogP contribution is 2.31. The van der Waals surface area contributed by atoms with Crippen LogP contribution in [0.2, 0.25) is 0 Å². The lowest BCUT2D eigenvalue weighted by molar-refractivity contribution is 0.102. The van der Waals surface area contributed by atoms with Gasteiger partial charge in [-0.25, -0.2) is 4.98 Å². The van der Waals surface area contributed by atoms with Gasteiger partial charge in [0, 0.05) is 4.90 Å². The van der Waals surface area contributed by atoms with Crippen LogP contribution in [0.1, 0.15) is 37.7 Å². The highest BCUT2D eigenvalue weighted by Gasteiger charge is 2.20. The molecule has 0 aliphatic rings. The summed E-state index contributed by atoms with van der Waals surface area (Å²) < 4.78 is 5.36. The van der Waals surface area contributed by atoms with Crippen LogP contribution in [0.25, 0.3) is 10.2 Å². The van der Waals surface area contributed by atoms with E-state index in [4.69, 9.17) is 4.74 Å². The Morgan fingerprint density at radius 1 is 1.12 bits per heavy atom. The molecule has 2 N–H and O–H groups in total. The number of carbonyl (C=O) groups is 1.